The van der Waals surface area contributed by atoms with Crippen LogP contribution in [0.2, 0.25) is 0 Å². The second-order valence-electron chi connectivity index (χ2n) is 4.85. The lowest BCUT2D eigenvalue weighted by Crippen LogP contribution is -2.49. The standard InChI is InChI=1S/C16H15F3O/c17-16(18,19)15(20,11-13-7-3-1-4-8-13)12-14-9-5-2-6-10-14/h1-10,20H,11-12H2. The van der Waals surface area contributed by atoms with Gasteiger partial charge in [-0.05, 0) is 11.1 Å². The minimum atomic E-state index is -4.68. The predicted molar refractivity (Wildman–Crippen MR) is 71.3 cm³/mol. The van der Waals surface area contributed by atoms with E-state index in [0.717, 1.165) is 0 Å². The van der Waals surface area contributed by atoms with Gasteiger partial charge in [0.2, 0.25) is 0 Å². The first-order chi connectivity index (χ1) is 9.41. The van der Waals surface area contributed by atoms with Crippen LogP contribution < -0.4 is 0 Å². The summed E-state index contributed by atoms with van der Waals surface area (Å²) >= 11 is 0. The molecule has 0 bridgehead atoms. The Kier molecular flexibility index (Phi) is 4.14. The summed E-state index contributed by atoms with van der Waals surface area (Å²) in [5, 5.41) is 10.1. The summed E-state index contributed by atoms with van der Waals surface area (Å²) in [6.45, 7) is 0. The van der Waals surface area contributed by atoms with Gasteiger partial charge in [0.05, 0.1) is 0 Å². The maximum atomic E-state index is 13.2. The molecule has 0 saturated carbocycles. The van der Waals surface area contributed by atoms with E-state index in [4.69, 9.17) is 0 Å². The molecule has 106 valence electrons. The zero-order valence-corrected chi connectivity index (χ0v) is 10.8. The second kappa shape index (κ2) is 5.67. The number of aliphatic hydroxyl groups is 1. The summed E-state index contributed by atoms with van der Waals surface area (Å²) in [4.78, 5) is 0. The van der Waals surface area contributed by atoms with Crippen molar-refractivity contribution in [3.05, 3.63) is 71.8 Å². The Balaban J connectivity index is 2.27. The Morgan fingerprint density at radius 3 is 1.35 bits per heavy atom. The SMILES string of the molecule is OC(Cc1ccccc1)(Cc1ccccc1)C(F)(F)F. The number of hydrogen-bond acceptors (Lipinski definition) is 1. The lowest BCUT2D eigenvalue weighted by molar-refractivity contribution is -0.259. The van der Waals surface area contributed by atoms with E-state index >= 15 is 0 Å². The molecule has 0 radical (unpaired) electrons. The molecule has 0 atom stereocenters. The van der Waals surface area contributed by atoms with Gasteiger partial charge < -0.3 is 5.11 Å². The molecule has 20 heavy (non-hydrogen) atoms. The van der Waals surface area contributed by atoms with Gasteiger partial charge in [0.25, 0.3) is 0 Å². The zero-order valence-electron chi connectivity index (χ0n) is 10.8. The highest BCUT2D eigenvalue weighted by molar-refractivity contribution is 5.22. The average Bonchev–Trinajstić information content (AvgIpc) is 2.39. The fourth-order valence-electron chi connectivity index (χ4n) is 2.13. The van der Waals surface area contributed by atoms with Crippen LogP contribution in [0.3, 0.4) is 0 Å². The van der Waals surface area contributed by atoms with Crippen molar-refractivity contribution in [3.8, 4) is 0 Å². The summed E-state index contributed by atoms with van der Waals surface area (Å²) in [6, 6.07) is 16.4. The Bertz CT molecular complexity index is 493. The molecular weight excluding hydrogens is 265 g/mol. The van der Waals surface area contributed by atoms with Crippen LogP contribution in [-0.2, 0) is 12.8 Å². The van der Waals surface area contributed by atoms with Crippen LogP contribution in [-0.4, -0.2) is 16.9 Å². The van der Waals surface area contributed by atoms with E-state index in [9.17, 15) is 18.3 Å². The summed E-state index contributed by atoms with van der Waals surface area (Å²) in [5.74, 6) is 0. The van der Waals surface area contributed by atoms with Crippen molar-refractivity contribution in [1.82, 2.24) is 0 Å². The number of halogens is 3. The highest BCUT2D eigenvalue weighted by atomic mass is 19.4. The molecule has 1 nitrogen and oxygen atoms in total. The van der Waals surface area contributed by atoms with Crippen LogP contribution in [0.5, 0.6) is 0 Å². The predicted octanol–water partition coefficient (Wildman–Crippen LogP) is 3.77. The lowest BCUT2D eigenvalue weighted by Gasteiger charge is -2.31. The van der Waals surface area contributed by atoms with Gasteiger partial charge in [0, 0.05) is 12.8 Å². The van der Waals surface area contributed by atoms with E-state index in [1.54, 1.807) is 60.7 Å². The number of alkyl halides is 3. The minimum absolute atomic E-state index is 0.452. The minimum Gasteiger partial charge on any atom is -0.380 e. The van der Waals surface area contributed by atoms with Gasteiger partial charge in [-0.2, -0.15) is 13.2 Å². The smallest absolute Gasteiger partial charge is 0.380 e. The van der Waals surface area contributed by atoms with E-state index in [-0.39, 0.29) is 0 Å². The van der Waals surface area contributed by atoms with E-state index in [1.165, 1.54) is 0 Å². The Morgan fingerprint density at radius 2 is 1.05 bits per heavy atom. The lowest BCUT2D eigenvalue weighted by atomic mass is 9.87. The molecule has 0 aliphatic carbocycles. The van der Waals surface area contributed by atoms with Crippen molar-refractivity contribution in [2.75, 3.05) is 0 Å². The van der Waals surface area contributed by atoms with Gasteiger partial charge in [-0.3, -0.25) is 0 Å². The van der Waals surface area contributed by atoms with Crippen LogP contribution >= 0.6 is 0 Å². The summed E-state index contributed by atoms with van der Waals surface area (Å²) in [5.41, 5.74) is -1.83. The largest absolute Gasteiger partial charge is 0.417 e. The quantitative estimate of drug-likeness (QED) is 0.904. The third kappa shape index (κ3) is 3.39. The first-order valence-electron chi connectivity index (χ1n) is 6.28. The molecule has 0 aliphatic rings. The fraction of sp³-hybridized carbons (Fsp3) is 0.250. The van der Waals surface area contributed by atoms with Crippen molar-refractivity contribution in [2.24, 2.45) is 0 Å². The third-order valence-corrected chi connectivity index (χ3v) is 3.21. The van der Waals surface area contributed by atoms with Crippen molar-refractivity contribution < 1.29 is 18.3 Å². The van der Waals surface area contributed by atoms with E-state index < -0.39 is 24.6 Å². The average molecular weight is 280 g/mol. The van der Waals surface area contributed by atoms with Gasteiger partial charge >= 0.3 is 6.18 Å². The Hall–Kier alpha value is -1.81. The van der Waals surface area contributed by atoms with Crippen LogP contribution in [0.1, 0.15) is 11.1 Å². The molecule has 0 aliphatic heterocycles. The van der Waals surface area contributed by atoms with E-state index in [2.05, 4.69) is 0 Å². The fourth-order valence-corrected chi connectivity index (χ4v) is 2.13. The van der Waals surface area contributed by atoms with Crippen LogP contribution in [0, 0.1) is 0 Å². The zero-order chi connectivity index (χ0) is 14.6. The second-order valence-corrected chi connectivity index (χ2v) is 4.85. The van der Waals surface area contributed by atoms with Gasteiger partial charge in [-0.1, -0.05) is 60.7 Å². The van der Waals surface area contributed by atoms with Crippen LogP contribution in [0.25, 0.3) is 0 Å². The molecule has 0 amide bonds. The first kappa shape index (κ1) is 14.6. The maximum Gasteiger partial charge on any atom is 0.417 e. The molecule has 4 heteroatoms. The molecule has 0 saturated heterocycles. The topological polar surface area (TPSA) is 20.2 Å². The van der Waals surface area contributed by atoms with Gasteiger partial charge in [-0.15, -0.1) is 0 Å². The van der Waals surface area contributed by atoms with Gasteiger partial charge in [-0.25, -0.2) is 0 Å². The van der Waals surface area contributed by atoms with Gasteiger partial charge in [0.15, 0.2) is 5.60 Å². The van der Waals surface area contributed by atoms with Crippen molar-refractivity contribution in [2.45, 2.75) is 24.6 Å². The van der Waals surface area contributed by atoms with E-state index in [0.29, 0.717) is 11.1 Å². The normalized spacial score (nSPS) is 12.4. The highest BCUT2D eigenvalue weighted by Gasteiger charge is 2.53. The molecule has 0 spiro atoms. The van der Waals surface area contributed by atoms with E-state index in [1.807, 2.05) is 0 Å². The number of rotatable bonds is 4. The summed E-state index contributed by atoms with van der Waals surface area (Å²) < 4.78 is 39.7. The molecule has 2 aromatic rings. The monoisotopic (exact) mass is 280 g/mol. The first-order valence-corrected chi connectivity index (χ1v) is 6.28. The van der Waals surface area contributed by atoms with Crippen LogP contribution in [0.4, 0.5) is 13.2 Å². The molecule has 0 aromatic heterocycles. The van der Waals surface area contributed by atoms with Crippen LogP contribution in [0.15, 0.2) is 60.7 Å². The number of hydrogen-bond donors (Lipinski definition) is 1. The van der Waals surface area contributed by atoms with Gasteiger partial charge in [0.1, 0.15) is 0 Å². The molecule has 0 heterocycles. The Labute approximate surface area is 115 Å². The highest BCUT2D eigenvalue weighted by Crippen LogP contribution is 2.36. The maximum absolute atomic E-state index is 13.2. The van der Waals surface area contributed by atoms with Crippen molar-refractivity contribution in [1.29, 1.82) is 0 Å². The molecule has 1 N–H and O–H groups in total. The molecule has 0 fully saturated rings. The number of benzene rings is 2. The van der Waals surface area contributed by atoms with Crippen molar-refractivity contribution >= 4 is 0 Å². The Morgan fingerprint density at radius 1 is 0.700 bits per heavy atom. The molecule has 2 aromatic carbocycles. The summed E-state index contributed by atoms with van der Waals surface area (Å²) in [6.07, 6.45) is -5.59. The molecule has 2 rings (SSSR count). The van der Waals surface area contributed by atoms with Crippen molar-refractivity contribution in [3.63, 3.8) is 0 Å². The third-order valence-electron chi connectivity index (χ3n) is 3.21. The molecule has 0 unspecified atom stereocenters. The summed E-state index contributed by atoms with van der Waals surface area (Å²) in [7, 11) is 0. The molecular formula is C16H15F3O.